The number of likely N-dealkylation sites (tertiary alicyclic amines) is 1. The summed E-state index contributed by atoms with van der Waals surface area (Å²) in [5, 5.41) is 0. The van der Waals surface area contributed by atoms with Gasteiger partial charge >= 0.3 is 6.09 Å². The Kier molecular flexibility index (Phi) is 5.48. The third-order valence-corrected chi connectivity index (χ3v) is 3.74. The molecule has 1 amide bonds. The number of carbonyl (C=O) groups is 1. The van der Waals surface area contributed by atoms with Crippen molar-refractivity contribution in [2.45, 2.75) is 44.5 Å². The number of halogens is 2. The molecule has 0 spiro atoms. The van der Waals surface area contributed by atoms with E-state index in [0.29, 0.717) is 13.2 Å². The molecule has 2 unspecified atom stereocenters. The van der Waals surface area contributed by atoms with E-state index in [-0.39, 0.29) is 19.3 Å². The first kappa shape index (κ1) is 18.4. The molecule has 23 heavy (non-hydrogen) atoms. The van der Waals surface area contributed by atoms with Gasteiger partial charge in [-0.1, -0.05) is 0 Å². The predicted molar refractivity (Wildman–Crippen MR) is 79.7 cm³/mol. The van der Waals surface area contributed by atoms with Gasteiger partial charge in [0.2, 0.25) is 0 Å². The quantitative estimate of drug-likeness (QED) is 0.783. The lowest BCUT2D eigenvalue weighted by molar-refractivity contribution is -0.136. The minimum atomic E-state index is -3.09. The van der Waals surface area contributed by atoms with E-state index in [2.05, 4.69) is 4.90 Å². The summed E-state index contributed by atoms with van der Waals surface area (Å²) in [6.07, 6.45) is -2.29. The van der Waals surface area contributed by atoms with E-state index in [1.54, 1.807) is 20.8 Å². The van der Waals surface area contributed by atoms with Crippen molar-refractivity contribution in [2.24, 2.45) is 0 Å². The van der Waals surface area contributed by atoms with Crippen LogP contribution >= 0.6 is 0 Å². The van der Waals surface area contributed by atoms with E-state index in [4.69, 9.17) is 14.2 Å². The van der Waals surface area contributed by atoms with E-state index in [9.17, 15) is 13.6 Å². The molecular formula is C15H26F2N2O4. The van der Waals surface area contributed by atoms with Crippen molar-refractivity contribution in [1.82, 2.24) is 9.80 Å². The number of morpholine rings is 1. The predicted octanol–water partition coefficient (Wildman–Crippen LogP) is 1.59. The highest BCUT2D eigenvalue weighted by atomic mass is 19.3. The van der Waals surface area contributed by atoms with Crippen molar-refractivity contribution in [3.05, 3.63) is 0 Å². The molecule has 2 aliphatic rings. The number of ether oxygens (including phenoxy) is 3. The zero-order valence-electron chi connectivity index (χ0n) is 14.2. The van der Waals surface area contributed by atoms with E-state index < -0.39 is 30.3 Å². The summed E-state index contributed by atoms with van der Waals surface area (Å²) >= 11 is 0. The van der Waals surface area contributed by atoms with Gasteiger partial charge in [0.1, 0.15) is 11.7 Å². The lowest BCUT2D eigenvalue weighted by Crippen LogP contribution is -2.44. The van der Waals surface area contributed by atoms with Crippen LogP contribution in [0.4, 0.5) is 13.6 Å². The normalized spacial score (nSPS) is 28.9. The van der Waals surface area contributed by atoms with Crippen LogP contribution in [0.25, 0.3) is 0 Å². The van der Waals surface area contributed by atoms with Crippen LogP contribution in [-0.2, 0) is 14.2 Å². The Labute approximate surface area is 135 Å². The van der Waals surface area contributed by atoms with E-state index in [0.717, 1.165) is 11.4 Å². The molecule has 2 heterocycles. The largest absolute Gasteiger partial charge is 0.444 e. The van der Waals surface area contributed by atoms with Crippen molar-refractivity contribution in [3.63, 3.8) is 0 Å². The first-order chi connectivity index (χ1) is 10.6. The van der Waals surface area contributed by atoms with E-state index in [1.165, 1.54) is 0 Å². The number of hydrogen-bond donors (Lipinski definition) is 0. The Hall–Kier alpha value is -0.990. The molecule has 6 nitrogen and oxygen atoms in total. The van der Waals surface area contributed by atoms with Crippen LogP contribution in [0.3, 0.4) is 0 Å². The summed E-state index contributed by atoms with van der Waals surface area (Å²) in [6.45, 7) is 6.36. The maximum Gasteiger partial charge on any atom is 0.410 e. The SMILES string of the molecule is CN1CCOC(COC2CN(C(=O)OC(C)(C)C)CC2(F)F)C1. The molecule has 2 saturated heterocycles. The average Bonchev–Trinajstić information content (AvgIpc) is 2.70. The Bertz CT molecular complexity index is 428. The van der Waals surface area contributed by atoms with Crippen LogP contribution in [0, 0.1) is 0 Å². The number of likely N-dealkylation sites (N-methyl/N-ethyl adjacent to an activating group) is 1. The van der Waals surface area contributed by atoms with Crippen molar-refractivity contribution < 1.29 is 27.8 Å². The molecule has 0 aromatic heterocycles. The van der Waals surface area contributed by atoms with Gasteiger partial charge in [-0.2, -0.15) is 0 Å². The first-order valence-electron chi connectivity index (χ1n) is 7.84. The van der Waals surface area contributed by atoms with Crippen molar-refractivity contribution >= 4 is 6.09 Å². The third kappa shape index (κ3) is 5.26. The minimum absolute atomic E-state index is 0.0900. The summed E-state index contributed by atoms with van der Waals surface area (Å²) in [7, 11) is 1.95. The smallest absolute Gasteiger partial charge is 0.410 e. The fraction of sp³-hybridized carbons (Fsp3) is 0.933. The Morgan fingerprint density at radius 1 is 1.35 bits per heavy atom. The van der Waals surface area contributed by atoms with Crippen LogP contribution in [0.2, 0.25) is 0 Å². The molecule has 0 bridgehead atoms. The van der Waals surface area contributed by atoms with Gasteiger partial charge in [0.25, 0.3) is 5.92 Å². The summed E-state index contributed by atoms with van der Waals surface area (Å²) in [5.74, 6) is -3.09. The Morgan fingerprint density at radius 2 is 2.04 bits per heavy atom. The molecule has 0 aromatic carbocycles. The maximum atomic E-state index is 14.1. The Balaban J connectivity index is 1.86. The molecule has 2 aliphatic heterocycles. The van der Waals surface area contributed by atoms with Crippen LogP contribution in [0.5, 0.6) is 0 Å². The number of rotatable bonds is 3. The summed E-state index contributed by atoms with van der Waals surface area (Å²) in [4.78, 5) is 15.0. The minimum Gasteiger partial charge on any atom is -0.444 e. The number of alkyl halides is 2. The summed E-state index contributed by atoms with van der Waals surface area (Å²) < 4.78 is 44.1. The molecule has 0 aromatic rings. The fourth-order valence-electron chi connectivity index (χ4n) is 2.59. The molecule has 0 radical (unpaired) electrons. The molecule has 2 rings (SSSR count). The molecule has 2 fully saturated rings. The second-order valence-electron chi connectivity index (χ2n) is 7.20. The van der Waals surface area contributed by atoms with E-state index in [1.807, 2.05) is 7.05 Å². The van der Waals surface area contributed by atoms with Gasteiger partial charge in [-0.3, -0.25) is 4.90 Å². The standard InChI is InChI=1S/C15H26F2N2O4/c1-14(2,3)23-13(20)19-8-12(15(16,17)10-19)22-9-11-7-18(4)5-6-21-11/h11-12H,5-10H2,1-4H3. The first-order valence-corrected chi connectivity index (χ1v) is 7.84. The van der Waals surface area contributed by atoms with Crippen LogP contribution < -0.4 is 0 Å². The van der Waals surface area contributed by atoms with Crippen LogP contribution in [0.15, 0.2) is 0 Å². The number of hydrogen-bond acceptors (Lipinski definition) is 5. The molecule has 0 N–H and O–H groups in total. The summed E-state index contributed by atoms with van der Waals surface area (Å²) in [6, 6.07) is 0. The zero-order valence-corrected chi connectivity index (χ0v) is 14.2. The highest BCUT2D eigenvalue weighted by Crippen LogP contribution is 2.31. The molecule has 134 valence electrons. The van der Waals surface area contributed by atoms with Gasteiger partial charge in [-0.05, 0) is 27.8 Å². The molecular weight excluding hydrogens is 310 g/mol. The van der Waals surface area contributed by atoms with Gasteiger partial charge < -0.3 is 19.1 Å². The molecule has 8 heteroatoms. The van der Waals surface area contributed by atoms with E-state index >= 15 is 0 Å². The average molecular weight is 336 g/mol. The van der Waals surface area contributed by atoms with Crippen LogP contribution in [-0.4, -0.2) is 86.1 Å². The number of carbonyl (C=O) groups excluding carboxylic acids is 1. The van der Waals surface area contributed by atoms with Gasteiger partial charge in [-0.25, -0.2) is 13.6 Å². The van der Waals surface area contributed by atoms with Crippen molar-refractivity contribution in [3.8, 4) is 0 Å². The van der Waals surface area contributed by atoms with Gasteiger partial charge in [0.05, 0.1) is 32.4 Å². The number of amides is 1. The van der Waals surface area contributed by atoms with Gasteiger partial charge in [0, 0.05) is 13.1 Å². The number of nitrogens with zero attached hydrogens (tertiary/aromatic N) is 2. The van der Waals surface area contributed by atoms with Crippen molar-refractivity contribution in [2.75, 3.05) is 46.4 Å². The molecule has 0 saturated carbocycles. The maximum absolute atomic E-state index is 14.1. The molecule has 2 atom stereocenters. The highest BCUT2D eigenvalue weighted by molar-refractivity contribution is 5.68. The lowest BCUT2D eigenvalue weighted by atomic mass is 10.2. The monoisotopic (exact) mass is 336 g/mol. The van der Waals surface area contributed by atoms with Gasteiger partial charge in [-0.15, -0.1) is 0 Å². The van der Waals surface area contributed by atoms with Crippen LogP contribution in [0.1, 0.15) is 20.8 Å². The third-order valence-electron chi connectivity index (χ3n) is 3.74. The lowest BCUT2D eigenvalue weighted by Gasteiger charge is -2.31. The highest BCUT2D eigenvalue weighted by Gasteiger charge is 2.51. The van der Waals surface area contributed by atoms with Gasteiger partial charge in [0.15, 0.2) is 0 Å². The van der Waals surface area contributed by atoms with Crippen molar-refractivity contribution in [1.29, 1.82) is 0 Å². The zero-order chi connectivity index (χ0) is 17.3. The second-order valence-corrected chi connectivity index (χ2v) is 7.20. The summed E-state index contributed by atoms with van der Waals surface area (Å²) in [5.41, 5.74) is -0.716. The fourth-order valence-corrected chi connectivity index (χ4v) is 2.59. The topological polar surface area (TPSA) is 51.2 Å². The second kappa shape index (κ2) is 6.86. The Morgan fingerprint density at radius 3 is 2.65 bits per heavy atom. The molecule has 0 aliphatic carbocycles.